The molecule has 4 rings (SSSR count). The molecule has 0 aliphatic carbocycles. The Morgan fingerprint density at radius 1 is 1.29 bits per heavy atom. The molecule has 1 aliphatic heterocycles. The Bertz CT molecular complexity index is 1150. The number of nitrogens with zero attached hydrogens (tertiary/aromatic N) is 1. The van der Waals surface area contributed by atoms with E-state index in [4.69, 9.17) is 0 Å². The van der Waals surface area contributed by atoms with Gasteiger partial charge in [0.05, 0.1) is 6.04 Å². The summed E-state index contributed by atoms with van der Waals surface area (Å²) in [5.41, 5.74) is 5.70. The van der Waals surface area contributed by atoms with E-state index in [0.29, 0.717) is 5.56 Å². The van der Waals surface area contributed by atoms with Gasteiger partial charge in [-0.3, -0.25) is 4.90 Å². The number of rotatable bonds is 5. The normalized spacial score (nSPS) is 20.1. The first-order valence-electron chi connectivity index (χ1n) is 10.9. The second-order valence-electron chi connectivity index (χ2n) is 8.84. The second kappa shape index (κ2) is 8.51. The van der Waals surface area contributed by atoms with Gasteiger partial charge in [0.1, 0.15) is 11.6 Å². The minimum absolute atomic E-state index is 0.171. The number of nitrogens with one attached hydrogen (secondary N) is 1. The highest BCUT2D eigenvalue weighted by Crippen LogP contribution is 2.44. The van der Waals surface area contributed by atoms with Gasteiger partial charge in [-0.25, -0.2) is 8.78 Å². The standard InChI is InChI=1S/C26H29BrF2N2/c1-6-14(2)15(3)13-31-16(4)11-20-19-12-18(28)7-10-23(19)30-25(20)26(31)24-17(5)21(27)8-9-22(24)29/h7-10,12,15-16,26,30H,2,6,11,13H2,1,3-5H3/t15?,16-,26?/m1/s1. The molecular formula is C26H29BrF2N2. The Morgan fingerprint density at radius 2 is 2.03 bits per heavy atom. The lowest BCUT2D eigenvalue weighted by atomic mass is 9.85. The van der Waals surface area contributed by atoms with E-state index in [-0.39, 0.29) is 29.6 Å². The number of aromatic amines is 1. The van der Waals surface area contributed by atoms with E-state index in [2.05, 4.69) is 53.2 Å². The Balaban J connectivity index is 1.94. The van der Waals surface area contributed by atoms with Crippen LogP contribution >= 0.6 is 15.9 Å². The molecule has 2 aromatic carbocycles. The van der Waals surface area contributed by atoms with E-state index < -0.39 is 0 Å². The van der Waals surface area contributed by atoms with Crippen LogP contribution in [0.3, 0.4) is 0 Å². The van der Waals surface area contributed by atoms with E-state index in [0.717, 1.165) is 51.6 Å². The van der Waals surface area contributed by atoms with Crippen molar-refractivity contribution >= 4 is 26.8 Å². The Labute approximate surface area is 191 Å². The molecule has 0 spiro atoms. The maximum atomic E-state index is 15.4. The zero-order valence-electron chi connectivity index (χ0n) is 18.5. The van der Waals surface area contributed by atoms with Crippen molar-refractivity contribution in [1.29, 1.82) is 0 Å². The van der Waals surface area contributed by atoms with Gasteiger partial charge in [-0.1, -0.05) is 41.9 Å². The molecule has 0 amide bonds. The lowest BCUT2D eigenvalue weighted by molar-refractivity contribution is 0.131. The molecule has 1 aliphatic rings. The highest BCUT2D eigenvalue weighted by atomic mass is 79.9. The molecule has 0 saturated heterocycles. The van der Waals surface area contributed by atoms with Crippen molar-refractivity contribution in [2.45, 2.75) is 52.6 Å². The predicted molar refractivity (Wildman–Crippen MR) is 127 cm³/mol. The molecule has 0 radical (unpaired) electrons. The molecule has 1 aromatic heterocycles. The number of halogens is 3. The van der Waals surface area contributed by atoms with Crippen LogP contribution in [0, 0.1) is 24.5 Å². The highest BCUT2D eigenvalue weighted by molar-refractivity contribution is 9.10. The van der Waals surface area contributed by atoms with Crippen molar-refractivity contribution in [1.82, 2.24) is 9.88 Å². The van der Waals surface area contributed by atoms with Gasteiger partial charge < -0.3 is 4.98 Å². The van der Waals surface area contributed by atoms with Crippen LogP contribution in [0.25, 0.3) is 10.9 Å². The molecule has 0 bridgehead atoms. The molecule has 3 aromatic rings. The van der Waals surface area contributed by atoms with Crippen LogP contribution < -0.4 is 0 Å². The first-order chi connectivity index (χ1) is 14.7. The molecule has 0 fully saturated rings. The Morgan fingerprint density at radius 3 is 2.74 bits per heavy atom. The first-order valence-corrected chi connectivity index (χ1v) is 11.7. The monoisotopic (exact) mass is 486 g/mol. The van der Waals surface area contributed by atoms with Crippen LogP contribution in [-0.4, -0.2) is 22.5 Å². The Hall–Kier alpha value is -1.98. The summed E-state index contributed by atoms with van der Waals surface area (Å²) >= 11 is 3.59. The van der Waals surface area contributed by atoms with E-state index in [1.165, 1.54) is 17.7 Å². The molecule has 2 nitrogen and oxygen atoms in total. The van der Waals surface area contributed by atoms with Gasteiger partial charge in [0.15, 0.2) is 0 Å². The number of fused-ring (bicyclic) bond motifs is 3. The quantitative estimate of drug-likeness (QED) is 0.370. The van der Waals surface area contributed by atoms with Crippen LogP contribution in [0.4, 0.5) is 8.78 Å². The zero-order chi connectivity index (χ0) is 22.4. The third-order valence-corrected chi connectivity index (χ3v) is 7.74. The van der Waals surface area contributed by atoms with Gasteiger partial charge in [-0.2, -0.15) is 0 Å². The molecule has 2 unspecified atom stereocenters. The second-order valence-corrected chi connectivity index (χ2v) is 9.69. The lowest BCUT2D eigenvalue weighted by Gasteiger charge is -2.43. The average Bonchev–Trinajstić information content (AvgIpc) is 3.09. The first kappa shape index (κ1) is 22.2. The van der Waals surface area contributed by atoms with Crippen LogP contribution in [0.5, 0.6) is 0 Å². The van der Waals surface area contributed by atoms with Gasteiger partial charge >= 0.3 is 0 Å². The fraction of sp³-hybridized carbons (Fsp3) is 0.385. The number of aromatic nitrogens is 1. The van der Waals surface area contributed by atoms with Crippen molar-refractivity contribution in [3.8, 4) is 0 Å². The smallest absolute Gasteiger partial charge is 0.128 e. The van der Waals surface area contributed by atoms with Crippen molar-refractivity contribution in [2.75, 3.05) is 6.54 Å². The predicted octanol–water partition coefficient (Wildman–Crippen LogP) is 7.46. The summed E-state index contributed by atoms with van der Waals surface area (Å²) in [4.78, 5) is 5.91. The lowest BCUT2D eigenvalue weighted by Crippen LogP contribution is -2.45. The molecule has 31 heavy (non-hydrogen) atoms. The largest absolute Gasteiger partial charge is 0.357 e. The van der Waals surface area contributed by atoms with Crippen molar-refractivity contribution in [2.24, 2.45) is 5.92 Å². The zero-order valence-corrected chi connectivity index (χ0v) is 20.1. The number of benzene rings is 2. The van der Waals surface area contributed by atoms with Crippen LogP contribution in [0.15, 0.2) is 47.0 Å². The molecule has 1 N–H and O–H groups in total. The summed E-state index contributed by atoms with van der Waals surface area (Å²) < 4.78 is 30.3. The van der Waals surface area contributed by atoms with E-state index in [9.17, 15) is 4.39 Å². The fourth-order valence-corrected chi connectivity index (χ4v) is 5.27. The third-order valence-electron chi connectivity index (χ3n) is 6.88. The minimum Gasteiger partial charge on any atom is -0.357 e. The van der Waals surface area contributed by atoms with Crippen LogP contribution in [0.1, 0.15) is 55.6 Å². The summed E-state index contributed by atoms with van der Waals surface area (Å²) in [6.07, 6.45) is 1.71. The molecular weight excluding hydrogens is 458 g/mol. The maximum Gasteiger partial charge on any atom is 0.128 e. The number of H-pyrrole nitrogens is 1. The highest BCUT2D eigenvalue weighted by Gasteiger charge is 2.38. The van der Waals surface area contributed by atoms with Gasteiger partial charge in [0, 0.05) is 39.2 Å². The summed E-state index contributed by atoms with van der Waals surface area (Å²) in [7, 11) is 0. The van der Waals surface area contributed by atoms with Gasteiger partial charge in [-0.05, 0) is 74.1 Å². The van der Waals surface area contributed by atoms with Crippen molar-refractivity contribution in [3.05, 3.63) is 81.0 Å². The molecule has 0 saturated carbocycles. The molecule has 164 valence electrons. The van der Waals surface area contributed by atoms with E-state index in [1.54, 1.807) is 18.2 Å². The van der Waals surface area contributed by atoms with E-state index >= 15 is 4.39 Å². The van der Waals surface area contributed by atoms with Gasteiger partial charge in [0.2, 0.25) is 0 Å². The Kier molecular flexibility index (Phi) is 6.10. The summed E-state index contributed by atoms with van der Waals surface area (Å²) in [5, 5.41) is 0.894. The summed E-state index contributed by atoms with van der Waals surface area (Å²) in [6.45, 7) is 13.5. The van der Waals surface area contributed by atoms with Crippen LogP contribution in [0.2, 0.25) is 0 Å². The molecule has 5 heteroatoms. The topological polar surface area (TPSA) is 19.0 Å². The average molecular weight is 487 g/mol. The SMILES string of the molecule is C=C(CC)C(C)CN1C(c2c(F)ccc(Br)c2C)c2[nH]c3ccc(F)cc3c2C[C@H]1C. The molecule has 2 heterocycles. The summed E-state index contributed by atoms with van der Waals surface area (Å²) in [6, 6.07) is 8.02. The third kappa shape index (κ3) is 3.87. The maximum absolute atomic E-state index is 15.4. The van der Waals surface area contributed by atoms with Crippen molar-refractivity contribution < 1.29 is 8.78 Å². The fourth-order valence-electron chi connectivity index (χ4n) is 4.92. The van der Waals surface area contributed by atoms with Gasteiger partial charge in [0.25, 0.3) is 0 Å². The molecule has 3 atom stereocenters. The van der Waals surface area contributed by atoms with Crippen LogP contribution in [-0.2, 0) is 6.42 Å². The minimum atomic E-state index is -0.279. The number of hydrogen-bond acceptors (Lipinski definition) is 1. The van der Waals surface area contributed by atoms with Crippen molar-refractivity contribution in [3.63, 3.8) is 0 Å². The number of hydrogen-bond donors (Lipinski definition) is 1. The van der Waals surface area contributed by atoms with E-state index in [1.807, 2.05) is 6.92 Å². The van der Waals surface area contributed by atoms with Gasteiger partial charge in [-0.15, -0.1) is 0 Å². The summed E-state index contributed by atoms with van der Waals surface area (Å²) in [5.74, 6) is -0.185.